The van der Waals surface area contributed by atoms with Gasteiger partial charge in [-0.05, 0) is 38.7 Å². The van der Waals surface area contributed by atoms with Crippen LogP contribution in [0.25, 0.3) is 0 Å². The van der Waals surface area contributed by atoms with E-state index >= 15 is 0 Å². The second-order valence-corrected chi connectivity index (χ2v) is 24.3. The van der Waals surface area contributed by atoms with Gasteiger partial charge in [0.05, 0.1) is 47.6 Å². The number of hydrogen-bond donors (Lipinski definition) is 4. The molecule has 23 heteroatoms. The van der Waals surface area contributed by atoms with Gasteiger partial charge in [0.25, 0.3) is 11.7 Å². The highest BCUT2D eigenvalue weighted by molar-refractivity contribution is 7.44. The molecule has 6 aliphatic rings. The highest BCUT2D eigenvalue weighted by atomic mass is 31.1. The zero-order valence-corrected chi connectivity index (χ0v) is 49.8. The Hall–Kier alpha value is -5.69. The molecule has 1 aromatic carbocycles. The van der Waals surface area contributed by atoms with E-state index in [0.29, 0.717) is 38.3 Å². The quantitative estimate of drug-likeness (QED) is 0.0687. The van der Waals surface area contributed by atoms with E-state index in [0.717, 1.165) is 6.54 Å². The minimum absolute atomic E-state index is 0.0124. The van der Waals surface area contributed by atoms with E-state index in [9.17, 15) is 48.1 Å². The summed E-state index contributed by atoms with van der Waals surface area (Å²) in [6.07, 6.45) is 5.20. The Labute approximate surface area is 471 Å². The van der Waals surface area contributed by atoms with Gasteiger partial charge in [-0.2, -0.15) is 0 Å². The van der Waals surface area contributed by atoms with E-state index in [1.807, 2.05) is 6.92 Å². The molecule has 21 nitrogen and oxygen atoms in total. The summed E-state index contributed by atoms with van der Waals surface area (Å²) in [6, 6.07) is 0. The topological polar surface area (TPSA) is 275 Å². The minimum Gasteiger partial charge on any atom is -0.507 e. The first-order valence-electron chi connectivity index (χ1n) is 27.5. The number of piperidine rings is 1. The van der Waals surface area contributed by atoms with E-state index in [1.54, 1.807) is 44.7 Å². The van der Waals surface area contributed by atoms with Crippen molar-refractivity contribution in [2.24, 2.45) is 34.6 Å². The smallest absolute Gasteiger partial charge is 0.320 e. The predicted octanol–water partition coefficient (Wildman–Crippen LogP) is 7.11. The van der Waals surface area contributed by atoms with E-state index in [1.165, 1.54) is 53.2 Å². The summed E-state index contributed by atoms with van der Waals surface area (Å²) < 4.78 is 59.3. The van der Waals surface area contributed by atoms with Crippen LogP contribution in [0.15, 0.2) is 52.5 Å². The van der Waals surface area contributed by atoms with Gasteiger partial charge >= 0.3 is 23.7 Å². The standard InChI is InChI=1S/C57H79N5O16P2/c1-13-15-39(64)74-27-25-61(22-18-41(79-71)80-72)29-40(65)77-51-31(4)16-14-17-32(5)55(70)58-47-46-45(59-57(60-46)20-23-62(24-21-57)28-30(2)3)42-43(50(47)68)49(67)36(9)53-44(42)54(69)56(11,78-53)75-26-19-38(73-12)33(6)52(76-37(10)63)35(8)48(66)34(51)7/h14,16-17,19,26,30-31,33-35,38,41,48,51-52,60,66-67H,13,15,18,20-25,27-29H2,1-12H3,(H,58,70)/b16-14+,26-19+,32-17-/t31-,33+,34-,35+,38-,48+,51-,52+,56-/m0/s1. The molecule has 5 aliphatic heterocycles. The van der Waals surface area contributed by atoms with E-state index in [-0.39, 0.29) is 107 Å². The van der Waals surface area contributed by atoms with Gasteiger partial charge in [0, 0.05) is 113 Å². The number of esters is 3. The largest absolute Gasteiger partial charge is 0.507 e. The Kier molecular flexibility index (Phi) is 21.7. The first-order valence-corrected chi connectivity index (χ1v) is 29.3. The van der Waals surface area contributed by atoms with Gasteiger partial charge in [-0.3, -0.25) is 47.8 Å². The number of aliphatic hydroxyl groups excluding tert-OH is 1. The number of amides is 1. The summed E-state index contributed by atoms with van der Waals surface area (Å²) in [5.41, 5.74) is -0.713. The molecule has 0 unspecified atom stereocenters. The summed E-state index contributed by atoms with van der Waals surface area (Å²) in [7, 11) is 0.730. The highest BCUT2D eigenvalue weighted by Crippen LogP contribution is 2.50. The van der Waals surface area contributed by atoms with Crippen molar-refractivity contribution in [3.05, 3.63) is 69.8 Å². The fraction of sp³-hybridized carbons (Fsp3) is 0.632. The van der Waals surface area contributed by atoms with E-state index < -0.39 is 106 Å². The molecule has 1 aromatic rings. The van der Waals surface area contributed by atoms with Crippen LogP contribution in [-0.4, -0.2) is 155 Å². The molecular formula is C57H79N5O16P2. The Morgan fingerprint density at radius 2 is 1.61 bits per heavy atom. The second kappa shape index (κ2) is 27.4. The summed E-state index contributed by atoms with van der Waals surface area (Å²) >= 11 is 0. The number of methoxy groups -OCH3 is 1. The van der Waals surface area contributed by atoms with Crippen molar-refractivity contribution in [2.45, 2.75) is 150 Å². The lowest BCUT2D eigenvalue weighted by atomic mass is 9.78. The summed E-state index contributed by atoms with van der Waals surface area (Å²) in [4.78, 5) is 92.7. The average molecular weight is 1150 g/mol. The fourth-order valence-corrected chi connectivity index (χ4v) is 11.7. The number of fused-ring (bicyclic) bond motifs is 13. The van der Waals surface area contributed by atoms with Gasteiger partial charge in [-0.1, -0.05) is 66.7 Å². The Balaban J connectivity index is 1.43. The van der Waals surface area contributed by atoms with Crippen molar-refractivity contribution < 1.29 is 76.5 Å². The number of aromatic hydroxyl groups is 1. The second-order valence-electron chi connectivity index (χ2n) is 22.2. The Morgan fingerprint density at radius 1 is 0.938 bits per heavy atom. The lowest BCUT2D eigenvalue weighted by Crippen LogP contribution is -2.50. The third kappa shape index (κ3) is 14.3. The molecule has 80 heavy (non-hydrogen) atoms. The van der Waals surface area contributed by atoms with Gasteiger partial charge in [-0.25, -0.2) is 0 Å². The predicted molar refractivity (Wildman–Crippen MR) is 297 cm³/mol. The lowest BCUT2D eigenvalue weighted by molar-refractivity contribution is -0.166. The SMILES string of the molecule is CCCC(=O)OCCN(CCC(P=O)P=O)CC(=O)O[C@@H]1[C@@H](C)[C@@H](O)[C@@H](C)[C@H](OC(C)=O)[C@H](C)[C@@H](OC)/C=C/O[C@@]2(C)Oc3c(C)c(O)c4c(c3C2=O)C2=NC3(CCN(CC(C)C)CC3)NC2=C(NC(=O)/C(C)=C\C=C\[C@@H]1C)C4=O. The van der Waals surface area contributed by atoms with Gasteiger partial charge < -0.3 is 54.2 Å². The van der Waals surface area contributed by atoms with Crippen LogP contribution in [0, 0.1) is 36.5 Å². The van der Waals surface area contributed by atoms with E-state index in [2.05, 4.69) is 29.4 Å². The maximum atomic E-state index is 15.0. The monoisotopic (exact) mass is 1150 g/mol. The average Bonchev–Trinajstić information content (AvgIpc) is 4.15. The molecule has 5 heterocycles. The molecule has 1 aliphatic carbocycles. The molecule has 4 N–H and O–H groups in total. The summed E-state index contributed by atoms with van der Waals surface area (Å²) in [6.45, 7) is 20.7. The number of benzene rings is 1. The molecule has 9 atom stereocenters. The van der Waals surface area contributed by atoms with Gasteiger partial charge in [0.15, 0.2) is 16.9 Å². The first-order chi connectivity index (χ1) is 37.8. The Bertz CT molecular complexity index is 2710. The van der Waals surface area contributed by atoms with Crippen LogP contribution in [0.5, 0.6) is 11.5 Å². The molecule has 1 saturated heterocycles. The maximum Gasteiger partial charge on any atom is 0.320 e. The minimum atomic E-state index is -2.05. The highest BCUT2D eigenvalue weighted by Gasteiger charge is 2.54. The molecule has 1 fully saturated rings. The number of nitrogens with one attached hydrogen (secondary N) is 2. The number of aliphatic imine (C=N–C) groups is 1. The van der Waals surface area contributed by atoms with Crippen molar-refractivity contribution in [1.29, 1.82) is 0 Å². The number of nitrogens with zero attached hydrogens (tertiary/aromatic N) is 3. The van der Waals surface area contributed by atoms with Crippen molar-refractivity contribution in [3.63, 3.8) is 0 Å². The molecule has 0 aromatic heterocycles. The number of Topliss-reactive ketones (excluding diaryl/α,β-unsaturated/α-hetero) is 2. The van der Waals surface area contributed by atoms with Crippen molar-refractivity contribution >= 4 is 58.0 Å². The maximum absolute atomic E-state index is 15.0. The van der Waals surface area contributed by atoms with Crippen molar-refractivity contribution in [3.8, 4) is 11.5 Å². The fourth-order valence-electron chi connectivity index (χ4n) is 11.1. The number of rotatable bonds is 17. The number of hydrogen-bond acceptors (Lipinski definition) is 20. The lowest BCUT2D eigenvalue weighted by Gasteiger charge is -2.39. The number of likely N-dealkylation sites (tertiary alicyclic amines) is 1. The Morgan fingerprint density at radius 3 is 2.24 bits per heavy atom. The van der Waals surface area contributed by atoms with Crippen LogP contribution < -0.4 is 15.4 Å². The number of phenols is 1. The molecule has 5 bridgehead atoms. The van der Waals surface area contributed by atoms with Crippen LogP contribution in [0.3, 0.4) is 0 Å². The summed E-state index contributed by atoms with van der Waals surface area (Å²) in [5, 5.41) is 29.9. The number of carbonyl (C=O) groups excluding carboxylic acids is 6. The van der Waals surface area contributed by atoms with Crippen LogP contribution in [0.2, 0.25) is 0 Å². The van der Waals surface area contributed by atoms with Crippen LogP contribution in [0.4, 0.5) is 0 Å². The van der Waals surface area contributed by atoms with Crippen molar-refractivity contribution in [2.75, 3.05) is 53.0 Å². The van der Waals surface area contributed by atoms with Crippen molar-refractivity contribution in [1.82, 2.24) is 20.4 Å². The molecule has 1 amide bonds. The zero-order valence-electron chi connectivity index (χ0n) is 48.0. The molecule has 438 valence electrons. The number of ether oxygens (including phenoxy) is 6. The van der Waals surface area contributed by atoms with Crippen LogP contribution in [-0.2, 0) is 52.0 Å². The van der Waals surface area contributed by atoms with E-state index in [4.69, 9.17) is 33.4 Å². The number of allylic oxidation sites excluding steroid dienone is 4. The van der Waals surface area contributed by atoms with Gasteiger partial charge in [0.1, 0.15) is 47.1 Å². The third-order valence-electron chi connectivity index (χ3n) is 15.6. The third-order valence-corrected chi connectivity index (χ3v) is 17.2. The van der Waals surface area contributed by atoms with Gasteiger partial charge in [-0.15, -0.1) is 0 Å². The normalized spacial score (nSPS) is 29.0. The molecular weight excluding hydrogens is 1070 g/mol. The molecule has 0 saturated carbocycles. The molecule has 0 radical (unpaired) electrons. The van der Waals surface area contributed by atoms with Crippen LogP contribution >= 0.6 is 16.9 Å². The number of phenolic OH excluding ortho intramolecular Hbond substituents is 1. The number of carbonyl (C=O) groups is 6. The molecule has 7 rings (SSSR count). The molecule has 1 spiro atoms. The van der Waals surface area contributed by atoms with Crippen LogP contribution in [0.1, 0.15) is 133 Å². The van der Waals surface area contributed by atoms with Gasteiger partial charge in [0.2, 0.25) is 5.78 Å². The summed E-state index contributed by atoms with van der Waals surface area (Å²) in [5.74, 6) is -9.09. The number of aliphatic hydroxyl groups is 1. The zero-order chi connectivity index (χ0) is 59.0. The first kappa shape index (κ1) is 63.5. The number of ketones is 2.